The lowest BCUT2D eigenvalue weighted by Gasteiger charge is -2.32. The third kappa shape index (κ3) is 24.0. The van der Waals surface area contributed by atoms with Crippen molar-refractivity contribution in [3.63, 3.8) is 0 Å². The maximum atomic E-state index is 14.0. The van der Waals surface area contributed by atoms with E-state index in [9.17, 15) is 47.9 Å². The molecule has 0 saturated carbocycles. The molecule has 0 heterocycles. The minimum atomic E-state index is -1.64. The van der Waals surface area contributed by atoms with Gasteiger partial charge in [0.1, 0.15) is 41.8 Å². The first-order valence-electron chi connectivity index (χ1n) is 22.5. The van der Waals surface area contributed by atoms with Gasteiger partial charge in [-0.1, -0.05) is 55.4 Å². The van der Waals surface area contributed by atoms with Gasteiger partial charge in [-0.15, -0.1) is 0 Å². The molecule has 64 heavy (non-hydrogen) atoms. The van der Waals surface area contributed by atoms with Crippen molar-refractivity contribution in [1.29, 1.82) is 0 Å². The highest BCUT2D eigenvalue weighted by Crippen LogP contribution is 2.14. The maximum Gasteiger partial charge on any atom is 0.245 e. The summed E-state index contributed by atoms with van der Waals surface area (Å²) in [4.78, 5) is 129. The molecule has 20 nitrogen and oxygen atoms in total. The average molecular weight is 909 g/mol. The monoisotopic (exact) mass is 909 g/mol. The van der Waals surface area contributed by atoms with Crippen molar-refractivity contribution in [2.45, 2.75) is 183 Å². The molecule has 0 aromatic rings. The first-order chi connectivity index (χ1) is 29.6. The highest BCUT2D eigenvalue weighted by atomic mass is 16.2. The summed E-state index contributed by atoms with van der Waals surface area (Å²) < 4.78 is 0. The van der Waals surface area contributed by atoms with Crippen LogP contribution in [-0.4, -0.2) is 114 Å². The van der Waals surface area contributed by atoms with Gasteiger partial charge in [-0.3, -0.25) is 47.9 Å². The van der Waals surface area contributed by atoms with Gasteiger partial charge in [0, 0.05) is 33.9 Å². The van der Waals surface area contributed by atoms with Crippen molar-refractivity contribution in [3.05, 3.63) is 0 Å². The van der Waals surface area contributed by atoms with Gasteiger partial charge in [-0.2, -0.15) is 0 Å². The van der Waals surface area contributed by atoms with Crippen LogP contribution in [0.25, 0.3) is 0 Å². The molecule has 0 saturated heterocycles. The molecule has 0 aliphatic carbocycles. The van der Waals surface area contributed by atoms with Crippen LogP contribution in [0, 0.1) is 23.7 Å². The van der Waals surface area contributed by atoms with E-state index in [0.717, 1.165) is 0 Å². The number of nitrogens with two attached hydrogens (primary N) is 1. The Morgan fingerprint density at radius 1 is 0.453 bits per heavy atom. The molecule has 0 rings (SSSR count). The second-order valence-corrected chi connectivity index (χ2v) is 18.6. The number of primary amides is 1. The number of carbonyl (C=O) groups is 10. The quantitative estimate of drug-likeness (QED) is 0.0440. The number of carbonyl (C=O) groups excluding carboxylic acids is 10. The fourth-order valence-electron chi connectivity index (χ4n) is 6.56. The van der Waals surface area contributed by atoms with Gasteiger partial charge in [0.05, 0.1) is 0 Å². The summed E-state index contributed by atoms with van der Waals surface area (Å²) in [5.74, 6) is -6.54. The molecule has 11 N–H and O–H groups in total. The molecule has 0 aliphatic rings. The third-order valence-electron chi connectivity index (χ3n) is 10.1. The van der Waals surface area contributed by atoms with Gasteiger partial charge < -0.3 is 53.6 Å². The number of nitrogens with one attached hydrogen (secondary N) is 9. The minimum Gasteiger partial charge on any atom is -0.368 e. The van der Waals surface area contributed by atoms with Crippen LogP contribution in [0.5, 0.6) is 0 Å². The Balaban J connectivity index is 6.33. The molecule has 0 aromatic carbocycles. The van der Waals surface area contributed by atoms with Crippen molar-refractivity contribution in [2.24, 2.45) is 29.4 Å². The summed E-state index contributed by atoms with van der Waals surface area (Å²) in [5.41, 5.74) is 3.92. The minimum absolute atomic E-state index is 0.0205. The molecule has 6 atom stereocenters. The van der Waals surface area contributed by atoms with E-state index >= 15 is 0 Å². The van der Waals surface area contributed by atoms with Gasteiger partial charge in [0.15, 0.2) is 0 Å². The summed E-state index contributed by atoms with van der Waals surface area (Å²) in [5, 5.41) is 24.2. The van der Waals surface area contributed by atoms with Crippen LogP contribution in [0.4, 0.5) is 0 Å². The van der Waals surface area contributed by atoms with E-state index in [0.29, 0.717) is 38.8 Å². The second kappa shape index (κ2) is 29.2. The first kappa shape index (κ1) is 58.7. The average Bonchev–Trinajstić information content (AvgIpc) is 3.15. The van der Waals surface area contributed by atoms with Gasteiger partial charge in [0.2, 0.25) is 59.1 Å². The van der Waals surface area contributed by atoms with E-state index in [1.165, 1.54) is 34.6 Å². The molecule has 0 unspecified atom stereocenters. The molecule has 0 bridgehead atoms. The van der Waals surface area contributed by atoms with E-state index in [-0.39, 0.29) is 55.3 Å². The Morgan fingerprint density at radius 3 is 1.19 bits per heavy atom. The van der Waals surface area contributed by atoms with Crippen molar-refractivity contribution in [1.82, 2.24) is 47.9 Å². The van der Waals surface area contributed by atoms with Crippen molar-refractivity contribution in [3.8, 4) is 0 Å². The summed E-state index contributed by atoms with van der Waals surface area (Å²) in [6.07, 6.45) is 2.53. The molecule has 0 aliphatic heterocycles. The fourth-order valence-corrected chi connectivity index (χ4v) is 6.56. The van der Waals surface area contributed by atoms with Crippen molar-refractivity contribution in [2.75, 3.05) is 13.1 Å². The Bertz CT molecular complexity index is 1600. The van der Waals surface area contributed by atoms with Crippen LogP contribution in [0.2, 0.25) is 0 Å². The first-order valence-corrected chi connectivity index (χ1v) is 22.5. The number of hydrogen-bond acceptors (Lipinski definition) is 10. The smallest absolute Gasteiger partial charge is 0.245 e. The topological polar surface area (TPSA) is 305 Å². The summed E-state index contributed by atoms with van der Waals surface area (Å²) in [7, 11) is 0. The Hall–Kier alpha value is -5.30. The van der Waals surface area contributed by atoms with Gasteiger partial charge in [-0.25, -0.2) is 0 Å². The lowest BCUT2D eigenvalue weighted by Crippen LogP contribution is -2.64. The number of amides is 10. The van der Waals surface area contributed by atoms with E-state index in [1.54, 1.807) is 27.7 Å². The molecular formula is C44H80N10O10. The maximum absolute atomic E-state index is 14.0. The zero-order chi connectivity index (χ0) is 49.5. The predicted octanol–water partition coefficient (Wildman–Crippen LogP) is 0.312. The van der Waals surface area contributed by atoms with E-state index in [2.05, 4.69) is 47.9 Å². The van der Waals surface area contributed by atoms with E-state index in [4.69, 9.17) is 5.73 Å². The standard InChI is InChI=1S/C44H80N10O10/c1-24(2)22-33(37(45)58)51-38(59)31(18-14-16-20-46-28(9)55)50-42(63)36(27(7)8)53-43(64)44(12,13)54-40(61)34(23-25(3)4)52-39(60)32(19-15-17-21-47-29(10)56)49-41(62)35(26(5)6)48-30(11)57/h24-27,31-36H,14-23H2,1-13H3,(H2,45,58)(H,46,55)(H,47,56)(H,48,57)(H,49,62)(H,50,63)(H,51,59)(H,52,60)(H,53,64)(H,54,61)/t31-,32-,33-,34-,35-,36-/m0/s1. The summed E-state index contributed by atoms with van der Waals surface area (Å²) in [6, 6.07) is -6.52. The Labute approximate surface area is 379 Å². The van der Waals surface area contributed by atoms with Gasteiger partial charge >= 0.3 is 0 Å². The molecule has 366 valence electrons. The van der Waals surface area contributed by atoms with Crippen LogP contribution >= 0.6 is 0 Å². The van der Waals surface area contributed by atoms with Crippen LogP contribution < -0.4 is 53.6 Å². The molecular weight excluding hydrogens is 829 g/mol. The highest BCUT2D eigenvalue weighted by Gasteiger charge is 2.38. The zero-order valence-electron chi connectivity index (χ0n) is 40.5. The van der Waals surface area contributed by atoms with Crippen LogP contribution in [0.15, 0.2) is 0 Å². The molecule has 0 radical (unpaired) electrons. The van der Waals surface area contributed by atoms with Crippen LogP contribution in [0.3, 0.4) is 0 Å². The second-order valence-electron chi connectivity index (χ2n) is 18.6. The van der Waals surface area contributed by atoms with Gasteiger partial charge in [0.25, 0.3) is 0 Å². The summed E-state index contributed by atoms with van der Waals surface area (Å²) >= 11 is 0. The SMILES string of the molecule is CC(=O)NCCCC[C@H](NC(=O)[C@@H](NC(C)=O)C(C)C)C(=O)N[C@@H](CC(C)C)C(=O)NC(C)(C)C(=O)N[C@H](C(=O)N[C@@H](CCCCNC(C)=O)C(=O)N[C@@H](CC(C)C)C(N)=O)C(C)C. The molecule has 0 aromatic heterocycles. The van der Waals surface area contributed by atoms with Gasteiger partial charge in [-0.05, 0) is 88.9 Å². The number of unbranched alkanes of at least 4 members (excludes halogenated alkanes) is 2. The number of rotatable bonds is 30. The molecule has 20 heteroatoms. The van der Waals surface area contributed by atoms with Crippen LogP contribution in [-0.2, 0) is 47.9 Å². The van der Waals surface area contributed by atoms with Crippen molar-refractivity contribution >= 4 is 59.1 Å². The highest BCUT2D eigenvalue weighted by molar-refractivity contribution is 5.98. The summed E-state index contributed by atoms with van der Waals surface area (Å²) in [6.45, 7) is 21.9. The molecule has 10 amide bonds. The predicted molar refractivity (Wildman–Crippen MR) is 242 cm³/mol. The van der Waals surface area contributed by atoms with Crippen LogP contribution in [0.1, 0.15) is 141 Å². The third-order valence-corrected chi connectivity index (χ3v) is 10.1. The lowest BCUT2D eigenvalue weighted by molar-refractivity contribution is -0.138. The Morgan fingerprint density at radius 2 is 0.828 bits per heavy atom. The lowest BCUT2D eigenvalue weighted by atomic mass is 9.97. The number of hydrogen-bond donors (Lipinski definition) is 10. The Kier molecular flexibility index (Phi) is 26.8. The normalized spacial score (nSPS) is 14.3. The fraction of sp³-hybridized carbons (Fsp3) is 0.773. The molecule has 0 spiro atoms. The van der Waals surface area contributed by atoms with E-state index in [1.807, 2.05) is 27.7 Å². The van der Waals surface area contributed by atoms with Crippen molar-refractivity contribution < 1.29 is 47.9 Å². The van der Waals surface area contributed by atoms with E-state index < -0.39 is 95.0 Å². The zero-order valence-corrected chi connectivity index (χ0v) is 40.5. The largest absolute Gasteiger partial charge is 0.368 e. The molecule has 0 fully saturated rings.